The van der Waals surface area contributed by atoms with Crippen molar-refractivity contribution >= 4 is 11.6 Å². The number of hydrazone groups is 1. The molecule has 4 nitrogen and oxygen atoms in total. The van der Waals surface area contributed by atoms with Crippen molar-refractivity contribution in [3.8, 4) is 5.75 Å². The minimum Gasteiger partial charge on any atom is -0.508 e. The van der Waals surface area contributed by atoms with E-state index < -0.39 is 0 Å². The average Bonchev–Trinajstić information content (AvgIpc) is 2.50. The van der Waals surface area contributed by atoms with Crippen LogP contribution in [0.25, 0.3) is 0 Å². The average molecular weight is 274 g/mol. The summed E-state index contributed by atoms with van der Waals surface area (Å²) in [5, 5.41) is 13.5. The lowest BCUT2D eigenvalue weighted by atomic mass is 9.89. The first-order chi connectivity index (χ1) is 9.70. The largest absolute Gasteiger partial charge is 0.508 e. The third-order valence-electron chi connectivity index (χ3n) is 3.81. The van der Waals surface area contributed by atoms with Crippen LogP contribution in [0.4, 0.5) is 0 Å². The summed E-state index contributed by atoms with van der Waals surface area (Å²) in [4.78, 5) is 12.0. The van der Waals surface area contributed by atoms with Crippen molar-refractivity contribution in [1.82, 2.24) is 5.43 Å². The van der Waals surface area contributed by atoms with Crippen LogP contribution < -0.4 is 5.43 Å². The van der Waals surface area contributed by atoms with Gasteiger partial charge < -0.3 is 5.11 Å². The fraction of sp³-hybridized carbons (Fsp3) is 0.500. The quantitative estimate of drug-likeness (QED) is 0.654. The lowest BCUT2D eigenvalue weighted by Gasteiger charge is -2.19. The van der Waals surface area contributed by atoms with Crippen LogP contribution in [0.5, 0.6) is 5.75 Å². The van der Waals surface area contributed by atoms with E-state index in [1.807, 2.05) is 19.1 Å². The zero-order valence-electron chi connectivity index (χ0n) is 11.9. The van der Waals surface area contributed by atoms with Gasteiger partial charge in [0.05, 0.1) is 5.71 Å². The Morgan fingerprint density at radius 3 is 2.50 bits per heavy atom. The molecule has 1 saturated carbocycles. The number of hydrogen-bond donors (Lipinski definition) is 2. The van der Waals surface area contributed by atoms with Crippen LogP contribution in [0.2, 0.25) is 0 Å². The number of carbonyl (C=O) groups is 1. The highest BCUT2D eigenvalue weighted by atomic mass is 16.3. The Morgan fingerprint density at radius 2 is 1.90 bits per heavy atom. The van der Waals surface area contributed by atoms with Crippen molar-refractivity contribution in [3.63, 3.8) is 0 Å². The monoisotopic (exact) mass is 274 g/mol. The summed E-state index contributed by atoms with van der Waals surface area (Å²) < 4.78 is 0. The molecular formula is C16H22N2O2. The third-order valence-corrected chi connectivity index (χ3v) is 3.81. The number of nitrogens with zero attached hydrogens (tertiary/aromatic N) is 1. The summed E-state index contributed by atoms with van der Waals surface area (Å²) in [6.45, 7) is 2.00. The van der Waals surface area contributed by atoms with Gasteiger partial charge in [0, 0.05) is 5.92 Å². The van der Waals surface area contributed by atoms with Crippen LogP contribution in [0, 0.1) is 5.92 Å². The van der Waals surface area contributed by atoms with Crippen LogP contribution in [-0.2, 0) is 4.79 Å². The fourth-order valence-corrected chi connectivity index (χ4v) is 2.58. The van der Waals surface area contributed by atoms with E-state index in [-0.39, 0.29) is 17.6 Å². The predicted molar refractivity (Wildman–Crippen MR) is 79.7 cm³/mol. The third kappa shape index (κ3) is 3.83. The molecule has 2 rings (SSSR count). The molecule has 0 unspecified atom stereocenters. The minimum atomic E-state index is 0.0365. The topological polar surface area (TPSA) is 61.7 Å². The van der Waals surface area contributed by atoms with Crippen molar-refractivity contribution in [1.29, 1.82) is 0 Å². The molecule has 0 aliphatic heterocycles. The zero-order valence-corrected chi connectivity index (χ0v) is 11.9. The maximum atomic E-state index is 12.0. The van der Waals surface area contributed by atoms with Gasteiger partial charge in [-0.2, -0.15) is 5.10 Å². The summed E-state index contributed by atoms with van der Waals surface area (Å²) in [7, 11) is 0. The maximum absolute atomic E-state index is 12.0. The molecule has 0 spiro atoms. The van der Waals surface area contributed by atoms with Crippen molar-refractivity contribution in [2.24, 2.45) is 11.0 Å². The SMILES string of the molecule is CC/C(=N/NC(=O)C1CCCCC1)c1ccc(O)cc1. The van der Waals surface area contributed by atoms with Crippen LogP contribution in [0.15, 0.2) is 29.4 Å². The molecule has 1 fully saturated rings. The molecule has 1 amide bonds. The first-order valence-electron chi connectivity index (χ1n) is 7.36. The number of hydrogen-bond acceptors (Lipinski definition) is 3. The molecule has 0 radical (unpaired) electrons. The molecule has 0 aromatic heterocycles. The van der Waals surface area contributed by atoms with Gasteiger partial charge in [0.15, 0.2) is 0 Å². The molecule has 1 aliphatic rings. The number of aromatic hydroxyl groups is 1. The molecule has 1 aromatic rings. The molecule has 0 bridgehead atoms. The highest BCUT2D eigenvalue weighted by Crippen LogP contribution is 2.23. The van der Waals surface area contributed by atoms with E-state index in [0.717, 1.165) is 43.4 Å². The number of nitrogens with one attached hydrogen (secondary N) is 1. The summed E-state index contributed by atoms with van der Waals surface area (Å²) in [6, 6.07) is 6.88. The Bertz CT molecular complexity index is 474. The molecule has 0 saturated heterocycles. The molecule has 1 aliphatic carbocycles. The van der Waals surface area contributed by atoms with E-state index in [1.165, 1.54) is 6.42 Å². The van der Waals surface area contributed by atoms with Crippen molar-refractivity contribution in [3.05, 3.63) is 29.8 Å². The van der Waals surface area contributed by atoms with Crippen molar-refractivity contribution < 1.29 is 9.90 Å². The molecule has 108 valence electrons. The number of amides is 1. The normalized spacial score (nSPS) is 16.9. The number of rotatable bonds is 4. The molecule has 2 N–H and O–H groups in total. The number of benzene rings is 1. The summed E-state index contributed by atoms with van der Waals surface area (Å²) >= 11 is 0. The molecule has 1 aromatic carbocycles. The number of phenols is 1. The summed E-state index contributed by atoms with van der Waals surface area (Å²) in [6.07, 6.45) is 6.20. The van der Waals surface area contributed by atoms with Gasteiger partial charge >= 0.3 is 0 Å². The van der Waals surface area contributed by atoms with Gasteiger partial charge in [0.2, 0.25) is 5.91 Å². The molecule has 4 heteroatoms. The van der Waals surface area contributed by atoms with Gasteiger partial charge in [-0.1, -0.05) is 26.2 Å². The van der Waals surface area contributed by atoms with E-state index in [2.05, 4.69) is 10.5 Å². The molecule has 0 atom stereocenters. The minimum absolute atomic E-state index is 0.0365. The van der Waals surface area contributed by atoms with Crippen LogP contribution in [0.3, 0.4) is 0 Å². The van der Waals surface area contributed by atoms with Crippen molar-refractivity contribution in [2.45, 2.75) is 45.4 Å². The lowest BCUT2D eigenvalue weighted by molar-refractivity contribution is -0.125. The molecule has 0 heterocycles. The highest BCUT2D eigenvalue weighted by molar-refractivity contribution is 6.01. The Labute approximate surface area is 119 Å². The van der Waals surface area contributed by atoms with Gasteiger partial charge in [0.1, 0.15) is 5.75 Å². The number of carbonyl (C=O) groups excluding carboxylic acids is 1. The van der Waals surface area contributed by atoms with Gasteiger partial charge in [-0.15, -0.1) is 0 Å². The summed E-state index contributed by atoms with van der Waals surface area (Å²) in [5.74, 6) is 0.385. The Hall–Kier alpha value is -1.84. The molecule has 20 heavy (non-hydrogen) atoms. The van der Waals surface area contributed by atoms with Crippen LogP contribution in [-0.4, -0.2) is 16.7 Å². The van der Waals surface area contributed by atoms with E-state index >= 15 is 0 Å². The van der Waals surface area contributed by atoms with Gasteiger partial charge in [-0.3, -0.25) is 4.79 Å². The predicted octanol–water partition coefficient (Wildman–Crippen LogP) is 3.20. The first kappa shape index (κ1) is 14.6. The summed E-state index contributed by atoms with van der Waals surface area (Å²) in [5.41, 5.74) is 4.46. The zero-order chi connectivity index (χ0) is 14.4. The van der Waals surface area contributed by atoms with E-state index in [9.17, 15) is 9.90 Å². The van der Waals surface area contributed by atoms with Crippen molar-refractivity contribution in [2.75, 3.05) is 0 Å². The van der Waals surface area contributed by atoms with Gasteiger partial charge in [-0.05, 0) is 49.1 Å². The van der Waals surface area contributed by atoms with E-state index in [1.54, 1.807) is 12.1 Å². The Kier molecular flexibility index (Phi) is 5.16. The smallest absolute Gasteiger partial charge is 0.243 e. The first-order valence-corrected chi connectivity index (χ1v) is 7.36. The molecular weight excluding hydrogens is 252 g/mol. The Balaban J connectivity index is 2.00. The standard InChI is InChI=1S/C16H22N2O2/c1-2-15(12-8-10-14(19)11-9-12)17-18-16(20)13-6-4-3-5-7-13/h8-11,13,19H,2-7H2,1H3,(H,18,20)/b17-15-. The number of phenolic OH excluding ortho intramolecular Hbond substituents is 1. The second kappa shape index (κ2) is 7.08. The van der Waals surface area contributed by atoms with Crippen LogP contribution in [0.1, 0.15) is 51.0 Å². The van der Waals surface area contributed by atoms with E-state index in [0.29, 0.717) is 0 Å². The maximum Gasteiger partial charge on any atom is 0.243 e. The van der Waals surface area contributed by atoms with Gasteiger partial charge in [-0.25, -0.2) is 5.43 Å². The lowest BCUT2D eigenvalue weighted by Crippen LogP contribution is -2.29. The van der Waals surface area contributed by atoms with E-state index in [4.69, 9.17) is 0 Å². The van der Waals surface area contributed by atoms with Gasteiger partial charge in [0.25, 0.3) is 0 Å². The highest BCUT2D eigenvalue weighted by Gasteiger charge is 2.20. The fourth-order valence-electron chi connectivity index (χ4n) is 2.58. The second-order valence-corrected chi connectivity index (χ2v) is 5.27. The Morgan fingerprint density at radius 1 is 1.25 bits per heavy atom. The second-order valence-electron chi connectivity index (χ2n) is 5.27. The van der Waals surface area contributed by atoms with Crippen LogP contribution >= 0.6 is 0 Å².